The van der Waals surface area contributed by atoms with Gasteiger partial charge in [-0.3, -0.25) is 0 Å². The molecule has 0 fully saturated rings. The second kappa shape index (κ2) is 4.17. The summed E-state index contributed by atoms with van der Waals surface area (Å²) in [5, 5.41) is 0.672. The Morgan fingerprint density at radius 3 is 2.47 bits per heavy atom. The van der Waals surface area contributed by atoms with E-state index in [9.17, 15) is 0 Å². The molecule has 96 valence electrons. The Hall–Kier alpha value is -2.20. The first-order valence-corrected chi connectivity index (χ1v) is 6.23. The van der Waals surface area contributed by atoms with E-state index in [1.807, 2.05) is 37.3 Å². The van der Waals surface area contributed by atoms with E-state index in [-0.39, 0.29) is 0 Å². The number of nitrogens with one attached hydrogen (secondary N) is 1. The van der Waals surface area contributed by atoms with Gasteiger partial charge < -0.3 is 16.5 Å². The molecule has 1 heterocycles. The lowest BCUT2D eigenvalue weighted by Gasteiger charge is -2.06. The first-order chi connectivity index (χ1) is 9.04. The Labute approximate surface area is 115 Å². The van der Waals surface area contributed by atoms with Crippen molar-refractivity contribution in [3.63, 3.8) is 0 Å². The highest BCUT2D eigenvalue weighted by Crippen LogP contribution is 2.28. The maximum absolute atomic E-state index is 5.96. The third-order valence-corrected chi connectivity index (χ3v) is 3.44. The number of hydrogen-bond donors (Lipinski definition) is 3. The maximum Gasteiger partial charge on any atom is 0.138 e. The molecular formula is C14H13ClN4. The van der Waals surface area contributed by atoms with Crippen molar-refractivity contribution in [2.24, 2.45) is 0 Å². The van der Waals surface area contributed by atoms with Gasteiger partial charge in [0.15, 0.2) is 0 Å². The normalized spacial score (nSPS) is 11.1. The van der Waals surface area contributed by atoms with Crippen molar-refractivity contribution >= 4 is 34.0 Å². The van der Waals surface area contributed by atoms with Crippen LogP contribution in [0, 0.1) is 6.92 Å². The fourth-order valence-electron chi connectivity index (χ4n) is 2.02. The largest absolute Gasteiger partial charge is 0.398 e. The zero-order valence-corrected chi connectivity index (χ0v) is 11.1. The van der Waals surface area contributed by atoms with Crippen molar-refractivity contribution in [1.29, 1.82) is 0 Å². The van der Waals surface area contributed by atoms with Crippen LogP contribution in [0.4, 0.5) is 11.4 Å². The number of rotatable bonds is 1. The van der Waals surface area contributed by atoms with Crippen LogP contribution in [-0.2, 0) is 0 Å². The van der Waals surface area contributed by atoms with E-state index in [4.69, 9.17) is 23.1 Å². The Kier molecular flexibility index (Phi) is 2.61. The van der Waals surface area contributed by atoms with Crippen molar-refractivity contribution in [1.82, 2.24) is 9.97 Å². The molecule has 3 rings (SSSR count). The number of aromatic nitrogens is 2. The number of imidazole rings is 1. The number of fused-ring (bicyclic) bond motifs is 1. The van der Waals surface area contributed by atoms with E-state index in [0.29, 0.717) is 16.4 Å². The number of aromatic amines is 1. The standard InChI is InChI=1S/C14H13ClN4/c1-7-10(16)4-8(5-11(7)17)14-18-12-3-2-9(15)6-13(12)19-14/h2-6H,16-17H2,1H3,(H,18,19). The fourth-order valence-corrected chi connectivity index (χ4v) is 2.19. The molecule has 0 aliphatic rings. The first-order valence-electron chi connectivity index (χ1n) is 5.86. The molecule has 5 heteroatoms. The van der Waals surface area contributed by atoms with Gasteiger partial charge in [0.05, 0.1) is 11.0 Å². The quantitative estimate of drug-likeness (QED) is 0.594. The van der Waals surface area contributed by atoms with Crippen molar-refractivity contribution in [2.45, 2.75) is 6.92 Å². The summed E-state index contributed by atoms with van der Waals surface area (Å²) in [4.78, 5) is 7.73. The monoisotopic (exact) mass is 272 g/mol. The summed E-state index contributed by atoms with van der Waals surface area (Å²) in [5.41, 5.74) is 16.7. The molecule has 0 aliphatic heterocycles. The lowest BCUT2D eigenvalue weighted by Crippen LogP contribution is -1.97. The van der Waals surface area contributed by atoms with Crippen molar-refractivity contribution in [2.75, 3.05) is 11.5 Å². The summed E-state index contributed by atoms with van der Waals surface area (Å²) in [6.07, 6.45) is 0. The molecule has 0 amide bonds. The molecule has 0 aliphatic carbocycles. The number of benzene rings is 2. The van der Waals surface area contributed by atoms with E-state index >= 15 is 0 Å². The van der Waals surface area contributed by atoms with E-state index in [1.54, 1.807) is 0 Å². The number of nitrogen functional groups attached to an aromatic ring is 2. The second-order valence-electron chi connectivity index (χ2n) is 4.53. The van der Waals surface area contributed by atoms with Gasteiger partial charge in [-0.25, -0.2) is 4.98 Å². The van der Waals surface area contributed by atoms with Gasteiger partial charge >= 0.3 is 0 Å². The second-order valence-corrected chi connectivity index (χ2v) is 4.96. The van der Waals surface area contributed by atoms with Gasteiger partial charge in [-0.1, -0.05) is 11.6 Å². The summed E-state index contributed by atoms with van der Waals surface area (Å²) in [6, 6.07) is 9.26. The van der Waals surface area contributed by atoms with Gasteiger partial charge in [0.1, 0.15) is 5.82 Å². The molecule has 0 bridgehead atoms. The molecule has 0 unspecified atom stereocenters. The fraction of sp³-hybridized carbons (Fsp3) is 0.0714. The summed E-state index contributed by atoms with van der Waals surface area (Å²) in [6.45, 7) is 1.90. The van der Waals surface area contributed by atoms with Gasteiger partial charge in [-0.15, -0.1) is 0 Å². The topological polar surface area (TPSA) is 80.7 Å². The van der Waals surface area contributed by atoms with Crippen molar-refractivity contribution < 1.29 is 0 Å². The first kappa shape index (κ1) is 11.9. The molecule has 5 N–H and O–H groups in total. The Balaban J connectivity index is 2.19. The van der Waals surface area contributed by atoms with Gasteiger partial charge in [-0.05, 0) is 42.8 Å². The number of anilines is 2. The number of nitrogens with two attached hydrogens (primary N) is 2. The van der Waals surface area contributed by atoms with Crippen LogP contribution in [0.3, 0.4) is 0 Å². The van der Waals surface area contributed by atoms with E-state index < -0.39 is 0 Å². The average molecular weight is 273 g/mol. The minimum Gasteiger partial charge on any atom is -0.398 e. The lowest BCUT2D eigenvalue weighted by atomic mass is 10.1. The van der Waals surface area contributed by atoms with Gasteiger partial charge in [0, 0.05) is 22.0 Å². The number of nitrogens with zero attached hydrogens (tertiary/aromatic N) is 1. The highest BCUT2D eigenvalue weighted by Gasteiger charge is 2.09. The summed E-state index contributed by atoms with van der Waals surface area (Å²) >= 11 is 5.96. The number of H-pyrrole nitrogens is 1. The Morgan fingerprint density at radius 1 is 1.11 bits per heavy atom. The molecule has 0 spiro atoms. The highest BCUT2D eigenvalue weighted by molar-refractivity contribution is 6.31. The summed E-state index contributed by atoms with van der Waals surface area (Å²) < 4.78 is 0. The predicted molar refractivity (Wildman–Crippen MR) is 80.1 cm³/mol. The van der Waals surface area contributed by atoms with E-state index in [1.165, 1.54) is 0 Å². The minimum atomic E-state index is 0.661. The molecule has 1 aromatic heterocycles. The highest BCUT2D eigenvalue weighted by atomic mass is 35.5. The molecule has 0 atom stereocenters. The zero-order chi connectivity index (χ0) is 13.6. The minimum absolute atomic E-state index is 0.661. The van der Waals surface area contributed by atoms with Crippen LogP contribution in [-0.4, -0.2) is 9.97 Å². The summed E-state index contributed by atoms with van der Waals surface area (Å²) in [5.74, 6) is 0.732. The molecule has 0 saturated carbocycles. The Bertz CT molecular complexity index is 753. The maximum atomic E-state index is 5.96. The van der Waals surface area contributed by atoms with Crippen molar-refractivity contribution in [3.05, 3.63) is 40.9 Å². The van der Waals surface area contributed by atoms with Crippen molar-refractivity contribution in [3.8, 4) is 11.4 Å². The van der Waals surface area contributed by atoms with Crippen LogP contribution >= 0.6 is 11.6 Å². The number of halogens is 1. The van der Waals surface area contributed by atoms with Crippen LogP contribution in [0.5, 0.6) is 0 Å². The zero-order valence-electron chi connectivity index (χ0n) is 10.4. The number of hydrogen-bond acceptors (Lipinski definition) is 3. The van der Waals surface area contributed by atoms with Crippen LogP contribution in [0.25, 0.3) is 22.4 Å². The van der Waals surface area contributed by atoms with Gasteiger partial charge in [-0.2, -0.15) is 0 Å². The Morgan fingerprint density at radius 2 is 1.79 bits per heavy atom. The third-order valence-electron chi connectivity index (χ3n) is 3.21. The molecule has 3 aromatic rings. The molecule has 19 heavy (non-hydrogen) atoms. The van der Waals surface area contributed by atoms with Crippen LogP contribution in [0.2, 0.25) is 5.02 Å². The molecule has 2 aromatic carbocycles. The molecule has 0 radical (unpaired) electrons. The molecule has 0 saturated heterocycles. The average Bonchev–Trinajstić information content (AvgIpc) is 2.78. The predicted octanol–water partition coefficient (Wildman–Crippen LogP) is 3.36. The van der Waals surface area contributed by atoms with Gasteiger partial charge in [0.25, 0.3) is 0 Å². The van der Waals surface area contributed by atoms with Crippen LogP contribution in [0.15, 0.2) is 30.3 Å². The van der Waals surface area contributed by atoms with E-state index in [2.05, 4.69) is 9.97 Å². The smallest absolute Gasteiger partial charge is 0.138 e. The van der Waals surface area contributed by atoms with E-state index in [0.717, 1.165) is 28.0 Å². The molecular weight excluding hydrogens is 260 g/mol. The third kappa shape index (κ3) is 2.00. The van der Waals surface area contributed by atoms with Gasteiger partial charge in [0.2, 0.25) is 0 Å². The SMILES string of the molecule is Cc1c(N)cc(-c2nc3ccc(Cl)cc3[nH]2)cc1N. The lowest BCUT2D eigenvalue weighted by molar-refractivity contribution is 1.33. The summed E-state index contributed by atoms with van der Waals surface area (Å²) in [7, 11) is 0. The molecule has 4 nitrogen and oxygen atoms in total. The van der Waals surface area contributed by atoms with Crippen LogP contribution in [0.1, 0.15) is 5.56 Å². The van der Waals surface area contributed by atoms with Crippen LogP contribution < -0.4 is 11.5 Å².